The van der Waals surface area contributed by atoms with Crippen LogP contribution in [0.15, 0.2) is 59.6 Å². The zero-order valence-electron chi connectivity index (χ0n) is 17.2. The van der Waals surface area contributed by atoms with Crippen molar-refractivity contribution in [2.24, 2.45) is 0 Å². The van der Waals surface area contributed by atoms with Gasteiger partial charge in [0.1, 0.15) is 29.1 Å². The van der Waals surface area contributed by atoms with E-state index in [1.165, 1.54) is 24.1 Å². The van der Waals surface area contributed by atoms with E-state index in [0.717, 1.165) is 16.2 Å². The van der Waals surface area contributed by atoms with E-state index < -0.39 is 6.10 Å². The second-order valence-corrected chi connectivity index (χ2v) is 7.48. The Morgan fingerprint density at radius 2 is 2.23 bits per heavy atom. The highest BCUT2D eigenvalue weighted by Crippen LogP contribution is 2.29. The van der Waals surface area contributed by atoms with Crippen molar-refractivity contribution in [3.63, 3.8) is 0 Å². The van der Waals surface area contributed by atoms with E-state index in [4.69, 9.17) is 4.74 Å². The molecule has 1 unspecified atom stereocenters. The zero-order chi connectivity index (χ0) is 22.1. The predicted octanol–water partition coefficient (Wildman–Crippen LogP) is 4.56. The van der Waals surface area contributed by atoms with Gasteiger partial charge in [0, 0.05) is 11.1 Å². The van der Waals surface area contributed by atoms with Crippen molar-refractivity contribution < 1.29 is 14.2 Å². The summed E-state index contributed by atoms with van der Waals surface area (Å²) in [5, 5.41) is 9.22. The second kappa shape index (κ2) is 11.2. The SMILES string of the molecule is COc1ncc(C/C=C\c2ncc(C#CC(C)O)[nH]2)cc1NSC1=CCC=C(F)C=C1. The van der Waals surface area contributed by atoms with Gasteiger partial charge in [-0.05, 0) is 73.6 Å². The standard InChI is InChI=1S/C23H23FN4O2S/c1-16(29)9-11-19-15-25-22(27-19)8-3-5-17-13-21(23(30-2)26-14-17)28-31-20-7-4-6-18(24)10-12-20/h3,6-8,10,12-16,28-29H,4-5H2,1-2H3,(H,25,27)/b8-3-. The summed E-state index contributed by atoms with van der Waals surface area (Å²) in [7, 11) is 1.57. The highest BCUT2D eigenvalue weighted by atomic mass is 32.2. The second-order valence-electron chi connectivity index (χ2n) is 6.60. The monoisotopic (exact) mass is 438 g/mol. The number of rotatable bonds is 7. The fourth-order valence-corrected chi connectivity index (χ4v) is 3.28. The minimum atomic E-state index is -0.682. The van der Waals surface area contributed by atoms with Crippen molar-refractivity contribution >= 4 is 23.7 Å². The van der Waals surface area contributed by atoms with Gasteiger partial charge < -0.3 is 19.5 Å². The zero-order valence-corrected chi connectivity index (χ0v) is 18.0. The number of ether oxygens (including phenoxy) is 1. The molecule has 0 aromatic carbocycles. The van der Waals surface area contributed by atoms with E-state index >= 15 is 0 Å². The Hall–Kier alpha value is -3.28. The summed E-state index contributed by atoms with van der Waals surface area (Å²) in [6.07, 6.45) is 14.4. The van der Waals surface area contributed by atoms with E-state index in [9.17, 15) is 9.50 Å². The molecule has 3 rings (SSSR count). The quantitative estimate of drug-likeness (QED) is 0.434. The van der Waals surface area contributed by atoms with Gasteiger partial charge in [-0.25, -0.2) is 14.4 Å². The lowest BCUT2D eigenvalue weighted by molar-refractivity contribution is 0.253. The van der Waals surface area contributed by atoms with Crippen molar-refractivity contribution in [2.45, 2.75) is 25.9 Å². The summed E-state index contributed by atoms with van der Waals surface area (Å²) in [5.74, 6) is 6.41. The highest BCUT2D eigenvalue weighted by Gasteiger charge is 2.07. The van der Waals surface area contributed by atoms with Crippen molar-refractivity contribution in [2.75, 3.05) is 11.8 Å². The maximum absolute atomic E-state index is 13.3. The van der Waals surface area contributed by atoms with Gasteiger partial charge in [-0.3, -0.25) is 0 Å². The molecule has 0 bridgehead atoms. The Balaban J connectivity index is 1.62. The Labute approximate surface area is 185 Å². The van der Waals surface area contributed by atoms with E-state index in [1.807, 2.05) is 24.3 Å². The first kappa shape index (κ1) is 22.4. The number of aromatic amines is 1. The molecule has 1 aliphatic carbocycles. The average molecular weight is 439 g/mol. The molecule has 1 atom stereocenters. The molecule has 160 valence electrons. The van der Waals surface area contributed by atoms with Crippen molar-refractivity contribution in [3.05, 3.63) is 76.7 Å². The summed E-state index contributed by atoms with van der Waals surface area (Å²) in [4.78, 5) is 12.6. The maximum Gasteiger partial charge on any atom is 0.237 e. The lowest BCUT2D eigenvalue weighted by Gasteiger charge is -2.11. The number of aliphatic hydroxyl groups excluding tert-OH is 1. The van der Waals surface area contributed by atoms with Crippen molar-refractivity contribution in [1.29, 1.82) is 0 Å². The molecule has 2 aromatic rings. The fraction of sp³-hybridized carbons (Fsp3) is 0.217. The molecule has 0 radical (unpaired) electrons. The number of anilines is 1. The van der Waals surface area contributed by atoms with Gasteiger partial charge in [-0.15, -0.1) is 0 Å². The molecule has 0 aliphatic heterocycles. The van der Waals surface area contributed by atoms with Crippen LogP contribution >= 0.6 is 11.9 Å². The number of aliphatic hydroxyl groups is 1. The molecule has 0 amide bonds. The third-order valence-corrected chi connectivity index (χ3v) is 4.92. The van der Waals surface area contributed by atoms with E-state index in [1.54, 1.807) is 32.5 Å². The Bertz CT molecular complexity index is 1090. The minimum Gasteiger partial charge on any atom is -0.480 e. The lowest BCUT2D eigenvalue weighted by atomic mass is 10.2. The first-order valence-corrected chi connectivity index (χ1v) is 10.5. The number of hydrogen-bond acceptors (Lipinski definition) is 6. The topological polar surface area (TPSA) is 83.1 Å². The predicted molar refractivity (Wildman–Crippen MR) is 123 cm³/mol. The summed E-state index contributed by atoms with van der Waals surface area (Å²) >= 11 is 1.37. The molecule has 0 saturated heterocycles. The Morgan fingerprint density at radius 1 is 1.35 bits per heavy atom. The van der Waals surface area contributed by atoms with Crippen LogP contribution in [0.5, 0.6) is 5.88 Å². The van der Waals surface area contributed by atoms with Gasteiger partial charge in [0.25, 0.3) is 0 Å². The van der Waals surface area contributed by atoms with Crippen molar-refractivity contribution in [3.8, 4) is 17.7 Å². The number of nitrogens with one attached hydrogen (secondary N) is 2. The summed E-state index contributed by atoms with van der Waals surface area (Å²) in [5.41, 5.74) is 2.37. The van der Waals surface area contributed by atoms with E-state index in [0.29, 0.717) is 30.2 Å². The third-order valence-electron chi connectivity index (χ3n) is 4.06. The number of methoxy groups -OCH3 is 1. The molecule has 0 fully saturated rings. The van der Waals surface area contributed by atoms with Crippen LogP contribution in [0.1, 0.15) is 30.4 Å². The largest absolute Gasteiger partial charge is 0.480 e. The van der Waals surface area contributed by atoms with Crippen LogP contribution in [0.4, 0.5) is 10.1 Å². The molecule has 6 nitrogen and oxygen atoms in total. The van der Waals surface area contributed by atoms with Gasteiger partial charge in [0.05, 0.1) is 13.3 Å². The van der Waals surface area contributed by atoms with E-state index in [-0.39, 0.29) is 5.83 Å². The van der Waals surface area contributed by atoms with Gasteiger partial charge in [-0.1, -0.05) is 18.1 Å². The van der Waals surface area contributed by atoms with E-state index in [2.05, 4.69) is 31.5 Å². The van der Waals surface area contributed by atoms with Gasteiger partial charge in [0.2, 0.25) is 5.88 Å². The molecule has 0 saturated carbocycles. The normalized spacial score (nSPS) is 14.3. The molecule has 3 N–H and O–H groups in total. The van der Waals surface area contributed by atoms with Crippen LogP contribution in [-0.2, 0) is 6.42 Å². The summed E-state index contributed by atoms with van der Waals surface area (Å²) < 4.78 is 21.9. The minimum absolute atomic E-state index is 0.237. The summed E-state index contributed by atoms with van der Waals surface area (Å²) in [6, 6.07) is 1.96. The maximum atomic E-state index is 13.3. The molecule has 31 heavy (non-hydrogen) atoms. The first-order chi connectivity index (χ1) is 15.0. The first-order valence-electron chi connectivity index (χ1n) is 9.64. The average Bonchev–Trinajstić information content (AvgIpc) is 3.11. The van der Waals surface area contributed by atoms with Crippen LogP contribution in [0.25, 0.3) is 6.08 Å². The van der Waals surface area contributed by atoms with Crippen molar-refractivity contribution in [1.82, 2.24) is 15.0 Å². The lowest BCUT2D eigenvalue weighted by Crippen LogP contribution is -1.97. The molecular weight excluding hydrogens is 415 g/mol. The van der Waals surface area contributed by atoms with Crippen LogP contribution < -0.4 is 9.46 Å². The Morgan fingerprint density at radius 3 is 3.03 bits per heavy atom. The summed E-state index contributed by atoms with van der Waals surface area (Å²) in [6.45, 7) is 1.61. The number of aromatic nitrogens is 3. The molecule has 2 aromatic heterocycles. The van der Waals surface area contributed by atoms with Crippen LogP contribution in [-0.4, -0.2) is 33.3 Å². The van der Waals surface area contributed by atoms with Gasteiger partial charge in [-0.2, -0.15) is 0 Å². The number of imidazole rings is 1. The smallest absolute Gasteiger partial charge is 0.237 e. The van der Waals surface area contributed by atoms with Crippen LogP contribution in [0.2, 0.25) is 0 Å². The van der Waals surface area contributed by atoms with Gasteiger partial charge >= 0.3 is 0 Å². The molecule has 0 spiro atoms. The molecule has 1 aliphatic rings. The number of H-pyrrole nitrogens is 1. The van der Waals surface area contributed by atoms with Crippen LogP contribution in [0, 0.1) is 11.8 Å². The highest BCUT2D eigenvalue weighted by molar-refractivity contribution is 8.04. The number of nitrogens with zero attached hydrogens (tertiary/aromatic N) is 2. The number of hydrogen-bond donors (Lipinski definition) is 3. The number of pyridine rings is 1. The third kappa shape index (κ3) is 7.17. The fourth-order valence-electron chi connectivity index (χ4n) is 2.59. The Kier molecular flexibility index (Phi) is 8.10. The number of allylic oxidation sites excluding steroid dienone is 6. The molecule has 8 heteroatoms. The molecule has 2 heterocycles. The molecular formula is C23H23FN4O2S. The van der Waals surface area contributed by atoms with Crippen LogP contribution in [0.3, 0.4) is 0 Å². The number of halogens is 1. The van der Waals surface area contributed by atoms with Gasteiger partial charge in [0.15, 0.2) is 0 Å².